The number of nitriles is 1. The molecule has 4 N–H and O–H groups in total. The normalized spacial score (nSPS) is 9.69. The Morgan fingerprint density at radius 1 is 1.12 bits per heavy atom. The molecule has 0 amide bonds. The van der Waals surface area contributed by atoms with Gasteiger partial charge in [-0.05, 0) is 12.1 Å². The molecule has 0 aliphatic heterocycles. The Morgan fingerprint density at radius 3 is 2.44 bits per heavy atom. The molecule has 0 fully saturated rings. The Kier molecular flexibility index (Phi) is 2.36. The van der Waals surface area contributed by atoms with Gasteiger partial charge in [-0.1, -0.05) is 0 Å². The van der Waals surface area contributed by atoms with Crippen molar-refractivity contribution in [3.8, 4) is 17.5 Å². The monoisotopic (exact) mass is 212 g/mol. The van der Waals surface area contributed by atoms with Crippen molar-refractivity contribution in [3.63, 3.8) is 0 Å². The Labute approximate surface area is 91.6 Å². The maximum Gasteiger partial charge on any atom is 0.164 e. The molecular weight excluding hydrogens is 204 g/mol. The average Bonchev–Trinajstić information content (AvgIpc) is 2.29. The van der Waals surface area contributed by atoms with Crippen molar-refractivity contribution in [3.05, 3.63) is 30.4 Å². The summed E-state index contributed by atoms with van der Waals surface area (Å²) in [5, 5.41) is 9.01. The second-order valence-electron chi connectivity index (χ2n) is 3.11. The molecule has 0 atom stereocenters. The predicted octanol–water partition coefficient (Wildman–Crippen LogP) is 0.575. The summed E-state index contributed by atoms with van der Waals surface area (Å²) in [4.78, 5) is 11.6. The summed E-state index contributed by atoms with van der Waals surface area (Å²) in [6.07, 6.45) is 2.70. The third-order valence-corrected chi connectivity index (χ3v) is 2.04. The molecule has 6 nitrogen and oxygen atoms in total. The van der Waals surface area contributed by atoms with Gasteiger partial charge < -0.3 is 11.5 Å². The van der Waals surface area contributed by atoms with E-state index in [1.807, 2.05) is 6.07 Å². The third kappa shape index (κ3) is 1.62. The minimum Gasteiger partial charge on any atom is -0.399 e. The fourth-order valence-corrected chi connectivity index (χ4v) is 1.37. The Hall–Kier alpha value is -2.68. The first kappa shape index (κ1) is 9.86. The summed E-state index contributed by atoms with van der Waals surface area (Å²) in [6.45, 7) is 0. The predicted molar refractivity (Wildman–Crippen MR) is 58.8 cm³/mol. The number of nitrogen functional groups attached to an aromatic ring is 2. The SMILES string of the molecule is N#Cc1c(N)cc(N)cc1-c1ncncn1. The van der Waals surface area contributed by atoms with Crippen LogP contribution in [0, 0.1) is 11.3 Å². The number of benzene rings is 1. The fourth-order valence-electron chi connectivity index (χ4n) is 1.37. The van der Waals surface area contributed by atoms with Gasteiger partial charge in [-0.3, -0.25) is 0 Å². The fraction of sp³-hybridized carbons (Fsp3) is 0. The molecule has 0 aliphatic carbocycles. The number of nitrogens with zero attached hydrogens (tertiary/aromatic N) is 4. The highest BCUT2D eigenvalue weighted by molar-refractivity contribution is 5.77. The van der Waals surface area contributed by atoms with E-state index in [9.17, 15) is 0 Å². The highest BCUT2D eigenvalue weighted by atomic mass is 15.0. The van der Waals surface area contributed by atoms with E-state index in [1.54, 1.807) is 6.07 Å². The Balaban J connectivity index is 2.70. The average molecular weight is 212 g/mol. The molecule has 78 valence electrons. The van der Waals surface area contributed by atoms with Crippen LogP contribution in [0.2, 0.25) is 0 Å². The van der Waals surface area contributed by atoms with Crippen LogP contribution in [-0.4, -0.2) is 15.0 Å². The van der Waals surface area contributed by atoms with Gasteiger partial charge in [0.25, 0.3) is 0 Å². The Morgan fingerprint density at radius 2 is 1.81 bits per heavy atom. The highest BCUT2D eigenvalue weighted by Crippen LogP contribution is 2.27. The first-order valence-corrected chi connectivity index (χ1v) is 4.44. The summed E-state index contributed by atoms with van der Waals surface area (Å²) in [7, 11) is 0. The van der Waals surface area contributed by atoms with Crippen LogP contribution in [-0.2, 0) is 0 Å². The summed E-state index contributed by atoms with van der Waals surface area (Å²) in [6, 6.07) is 5.15. The quantitative estimate of drug-likeness (QED) is 0.668. The van der Waals surface area contributed by atoms with Gasteiger partial charge in [0.15, 0.2) is 5.82 Å². The maximum absolute atomic E-state index is 9.01. The number of hydrogen-bond donors (Lipinski definition) is 2. The first-order valence-electron chi connectivity index (χ1n) is 4.44. The molecule has 0 bridgehead atoms. The summed E-state index contributed by atoms with van der Waals surface area (Å²) >= 11 is 0. The lowest BCUT2D eigenvalue weighted by Crippen LogP contribution is -1.99. The zero-order valence-electron chi connectivity index (χ0n) is 8.25. The van der Waals surface area contributed by atoms with Gasteiger partial charge in [0.1, 0.15) is 18.7 Å². The van der Waals surface area contributed by atoms with Crippen molar-refractivity contribution < 1.29 is 0 Å². The van der Waals surface area contributed by atoms with E-state index in [1.165, 1.54) is 18.7 Å². The van der Waals surface area contributed by atoms with Crippen LogP contribution in [0.3, 0.4) is 0 Å². The highest BCUT2D eigenvalue weighted by Gasteiger charge is 2.11. The molecule has 0 saturated carbocycles. The van der Waals surface area contributed by atoms with Crippen LogP contribution in [0.5, 0.6) is 0 Å². The van der Waals surface area contributed by atoms with Crippen molar-refractivity contribution in [1.82, 2.24) is 15.0 Å². The molecule has 1 aromatic carbocycles. The molecule has 6 heteroatoms. The zero-order chi connectivity index (χ0) is 11.5. The molecule has 0 unspecified atom stereocenters. The molecule has 0 saturated heterocycles. The number of hydrogen-bond acceptors (Lipinski definition) is 6. The van der Waals surface area contributed by atoms with Crippen LogP contribution in [0.1, 0.15) is 5.56 Å². The molecule has 0 aliphatic rings. The lowest BCUT2D eigenvalue weighted by atomic mass is 10.0. The van der Waals surface area contributed by atoms with Gasteiger partial charge in [-0.25, -0.2) is 15.0 Å². The number of aromatic nitrogens is 3. The second-order valence-corrected chi connectivity index (χ2v) is 3.11. The van der Waals surface area contributed by atoms with Gasteiger partial charge in [0.2, 0.25) is 0 Å². The maximum atomic E-state index is 9.01. The van der Waals surface area contributed by atoms with Crippen molar-refractivity contribution >= 4 is 11.4 Å². The largest absolute Gasteiger partial charge is 0.399 e. The van der Waals surface area contributed by atoms with Crippen LogP contribution in [0.4, 0.5) is 11.4 Å². The third-order valence-electron chi connectivity index (χ3n) is 2.04. The molecule has 16 heavy (non-hydrogen) atoms. The van der Waals surface area contributed by atoms with Crippen LogP contribution < -0.4 is 11.5 Å². The summed E-state index contributed by atoms with van der Waals surface area (Å²) in [5.74, 6) is 0.380. The van der Waals surface area contributed by atoms with Gasteiger partial charge in [-0.2, -0.15) is 5.26 Å². The smallest absolute Gasteiger partial charge is 0.164 e. The molecule has 1 heterocycles. The number of anilines is 2. The lowest BCUT2D eigenvalue weighted by molar-refractivity contribution is 1.05. The van der Waals surface area contributed by atoms with E-state index in [2.05, 4.69) is 15.0 Å². The van der Waals surface area contributed by atoms with Crippen molar-refractivity contribution in [2.75, 3.05) is 11.5 Å². The lowest BCUT2D eigenvalue weighted by Gasteiger charge is -2.06. The van der Waals surface area contributed by atoms with E-state index in [-0.39, 0.29) is 0 Å². The van der Waals surface area contributed by atoms with Gasteiger partial charge in [-0.15, -0.1) is 0 Å². The van der Waals surface area contributed by atoms with Crippen LogP contribution >= 0.6 is 0 Å². The minimum absolute atomic E-state index is 0.318. The standard InChI is InChI=1S/C10H8N6/c11-3-8-7(1-6(12)2-9(8)13)10-15-4-14-5-16-10/h1-2,4-5H,12-13H2. The van der Waals surface area contributed by atoms with Crippen molar-refractivity contribution in [2.45, 2.75) is 0 Å². The van der Waals surface area contributed by atoms with Crippen LogP contribution in [0.25, 0.3) is 11.4 Å². The number of rotatable bonds is 1. The zero-order valence-corrected chi connectivity index (χ0v) is 8.25. The molecule has 1 aromatic heterocycles. The molecule has 0 spiro atoms. The van der Waals surface area contributed by atoms with E-state index < -0.39 is 0 Å². The van der Waals surface area contributed by atoms with E-state index >= 15 is 0 Å². The first-order chi connectivity index (χ1) is 7.72. The summed E-state index contributed by atoms with van der Waals surface area (Å²) in [5.41, 5.74) is 13.0. The van der Waals surface area contributed by atoms with Crippen molar-refractivity contribution in [2.24, 2.45) is 0 Å². The number of nitrogens with two attached hydrogens (primary N) is 2. The second kappa shape index (κ2) is 3.82. The molecular formula is C10H8N6. The topological polar surface area (TPSA) is 114 Å². The molecule has 2 aromatic rings. The summed E-state index contributed by atoms with van der Waals surface area (Å²) < 4.78 is 0. The van der Waals surface area contributed by atoms with E-state index in [0.29, 0.717) is 28.3 Å². The van der Waals surface area contributed by atoms with E-state index in [0.717, 1.165) is 0 Å². The van der Waals surface area contributed by atoms with Crippen molar-refractivity contribution in [1.29, 1.82) is 5.26 Å². The van der Waals surface area contributed by atoms with E-state index in [4.69, 9.17) is 16.7 Å². The minimum atomic E-state index is 0.318. The Bertz CT molecular complexity index is 558. The van der Waals surface area contributed by atoms with Gasteiger partial charge in [0.05, 0.1) is 11.3 Å². The van der Waals surface area contributed by atoms with Gasteiger partial charge >= 0.3 is 0 Å². The van der Waals surface area contributed by atoms with Gasteiger partial charge in [0, 0.05) is 11.3 Å². The molecule has 2 rings (SSSR count). The van der Waals surface area contributed by atoms with Crippen LogP contribution in [0.15, 0.2) is 24.8 Å². The molecule has 0 radical (unpaired) electrons.